The van der Waals surface area contributed by atoms with Gasteiger partial charge in [0.2, 0.25) is 0 Å². The number of halogens is 1. The van der Waals surface area contributed by atoms with Gasteiger partial charge < -0.3 is 0 Å². The molecule has 0 bridgehead atoms. The predicted molar refractivity (Wildman–Crippen MR) is 53.3 cm³/mol. The summed E-state index contributed by atoms with van der Waals surface area (Å²) in [5, 5.41) is 0.654. The van der Waals surface area contributed by atoms with Crippen LogP contribution in [-0.4, -0.2) is 5.78 Å². The fraction of sp³-hybridized carbons (Fsp3) is 0.364. The molecule has 1 aliphatic carbocycles. The first-order valence-electron chi connectivity index (χ1n) is 4.48. The van der Waals surface area contributed by atoms with E-state index in [2.05, 4.69) is 6.92 Å². The molecule has 68 valence electrons. The lowest BCUT2D eigenvalue weighted by Crippen LogP contribution is -2.17. The lowest BCUT2D eigenvalue weighted by atomic mass is 9.84. The maximum atomic E-state index is 11.6. The molecule has 1 aliphatic rings. The molecule has 0 heterocycles. The number of Topliss-reactive ketones (excluding diaryl/α,β-unsaturated/α-hetero) is 1. The van der Waals surface area contributed by atoms with Crippen molar-refractivity contribution in [2.75, 3.05) is 0 Å². The van der Waals surface area contributed by atoms with Crippen molar-refractivity contribution in [3.63, 3.8) is 0 Å². The summed E-state index contributed by atoms with van der Waals surface area (Å²) in [7, 11) is 0. The van der Waals surface area contributed by atoms with E-state index in [1.807, 2.05) is 12.1 Å². The Morgan fingerprint density at radius 2 is 2.15 bits per heavy atom. The lowest BCUT2D eigenvalue weighted by molar-refractivity contribution is 0.0953. The van der Waals surface area contributed by atoms with Crippen molar-refractivity contribution in [3.8, 4) is 0 Å². The molecule has 0 N–H and O–H groups in total. The molecule has 1 unspecified atom stereocenters. The van der Waals surface area contributed by atoms with Crippen LogP contribution in [0.3, 0.4) is 0 Å². The van der Waals surface area contributed by atoms with Gasteiger partial charge >= 0.3 is 0 Å². The van der Waals surface area contributed by atoms with Gasteiger partial charge in [0.15, 0.2) is 5.78 Å². The van der Waals surface area contributed by atoms with Crippen LogP contribution in [0.4, 0.5) is 0 Å². The average Bonchev–Trinajstić information content (AvgIpc) is 2.06. The summed E-state index contributed by atoms with van der Waals surface area (Å²) in [5.41, 5.74) is 1.97. The monoisotopic (exact) mass is 194 g/mol. The van der Waals surface area contributed by atoms with Crippen LogP contribution in [0.2, 0.25) is 5.02 Å². The molecular weight excluding hydrogens is 184 g/mol. The highest BCUT2D eigenvalue weighted by atomic mass is 35.5. The van der Waals surface area contributed by atoms with Crippen molar-refractivity contribution in [3.05, 3.63) is 34.3 Å². The van der Waals surface area contributed by atoms with Crippen molar-refractivity contribution in [2.45, 2.75) is 19.8 Å². The van der Waals surface area contributed by atoms with E-state index in [1.54, 1.807) is 6.07 Å². The highest BCUT2D eigenvalue weighted by Crippen LogP contribution is 2.27. The number of hydrogen-bond donors (Lipinski definition) is 0. The van der Waals surface area contributed by atoms with Crippen LogP contribution >= 0.6 is 11.6 Å². The minimum atomic E-state index is 0.233. The first kappa shape index (κ1) is 8.76. The number of fused-ring (bicyclic) bond motifs is 1. The molecule has 1 aromatic rings. The second-order valence-electron chi connectivity index (χ2n) is 3.74. The molecular formula is C11H11ClO. The van der Waals surface area contributed by atoms with E-state index in [1.165, 1.54) is 0 Å². The molecule has 13 heavy (non-hydrogen) atoms. The Morgan fingerprint density at radius 1 is 1.38 bits per heavy atom. The zero-order chi connectivity index (χ0) is 9.42. The van der Waals surface area contributed by atoms with E-state index in [9.17, 15) is 4.79 Å². The third-order valence-corrected chi connectivity index (χ3v) is 2.71. The van der Waals surface area contributed by atoms with E-state index in [-0.39, 0.29) is 5.78 Å². The maximum Gasteiger partial charge on any atom is 0.163 e. The fourth-order valence-corrected chi connectivity index (χ4v) is 2.03. The van der Waals surface area contributed by atoms with Crippen LogP contribution < -0.4 is 0 Å². The van der Waals surface area contributed by atoms with E-state index in [0.29, 0.717) is 17.4 Å². The van der Waals surface area contributed by atoms with Crippen LogP contribution in [0.25, 0.3) is 0 Å². The van der Waals surface area contributed by atoms with E-state index >= 15 is 0 Å². The topological polar surface area (TPSA) is 17.1 Å². The molecule has 2 heteroatoms. The van der Waals surface area contributed by atoms with Gasteiger partial charge in [0, 0.05) is 17.0 Å². The van der Waals surface area contributed by atoms with Crippen molar-refractivity contribution in [2.24, 2.45) is 5.92 Å². The first-order chi connectivity index (χ1) is 6.16. The van der Waals surface area contributed by atoms with Crippen molar-refractivity contribution in [1.82, 2.24) is 0 Å². The minimum Gasteiger partial charge on any atom is -0.294 e. The Kier molecular flexibility index (Phi) is 2.12. The highest BCUT2D eigenvalue weighted by Gasteiger charge is 2.21. The third-order valence-electron chi connectivity index (χ3n) is 2.47. The summed E-state index contributed by atoms with van der Waals surface area (Å²) >= 11 is 5.83. The van der Waals surface area contributed by atoms with Gasteiger partial charge in [0.05, 0.1) is 0 Å². The molecule has 0 fully saturated rings. The summed E-state index contributed by atoms with van der Waals surface area (Å²) in [6.07, 6.45) is 1.66. The number of rotatable bonds is 0. The second kappa shape index (κ2) is 3.15. The molecule has 0 spiro atoms. The van der Waals surface area contributed by atoms with E-state index in [0.717, 1.165) is 17.5 Å². The largest absolute Gasteiger partial charge is 0.294 e. The average molecular weight is 195 g/mol. The summed E-state index contributed by atoms with van der Waals surface area (Å²) in [4.78, 5) is 11.6. The molecule has 0 saturated carbocycles. The minimum absolute atomic E-state index is 0.233. The van der Waals surface area contributed by atoms with E-state index < -0.39 is 0 Å². The van der Waals surface area contributed by atoms with Crippen LogP contribution in [0, 0.1) is 5.92 Å². The first-order valence-corrected chi connectivity index (χ1v) is 4.86. The van der Waals surface area contributed by atoms with Gasteiger partial charge in [-0.15, -0.1) is 0 Å². The van der Waals surface area contributed by atoms with Gasteiger partial charge in [-0.2, -0.15) is 0 Å². The Labute approximate surface area is 82.7 Å². The lowest BCUT2D eigenvalue weighted by Gasteiger charge is -2.20. The molecule has 0 amide bonds. The van der Waals surface area contributed by atoms with Gasteiger partial charge in [0.1, 0.15) is 0 Å². The zero-order valence-electron chi connectivity index (χ0n) is 7.51. The fourth-order valence-electron chi connectivity index (χ4n) is 1.86. The highest BCUT2D eigenvalue weighted by molar-refractivity contribution is 6.31. The summed E-state index contributed by atoms with van der Waals surface area (Å²) in [6.45, 7) is 2.11. The van der Waals surface area contributed by atoms with Gasteiger partial charge in [-0.05, 0) is 30.0 Å². The normalized spacial score (nSPS) is 21.4. The molecule has 0 aliphatic heterocycles. The predicted octanol–water partition coefficient (Wildman–Crippen LogP) is 3.11. The SMILES string of the molecule is CC1CC(=O)c2cc(Cl)ccc2C1. The summed E-state index contributed by atoms with van der Waals surface area (Å²) in [5.74, 6) is 0.706. The van der Waals surface area contributed by atoms with Gasteiger partial charge in [-0.1, -0.05) is 24.6 Å². The van der Waals surface area contributed by atoms with Crippen LogP contribution in [0.1, 0.15) is 29.3 Å². The smallest absolute Gasteiger partial charge is 0.163 e. The van der Waals surface area contributed by atoms with Crippen LogP contribution in [0.5, 0.6) is 0 Å². The van der Waals surface area contributed by atoms with Crippen LogP contribution in [0.15, 0.2) is 18.2 Å². The molecule has 2 rings (SSSR count). The van der Waals surface area contributed by atoms with Gasteiger partial charge in [-0.25, -0.2) is 0 Å². The summed E-state index contributed by atoms with van der Waals surface area (Å²) in [6, 6.07) is 5.60. The van der Waals surface area contributed by atoms with Crippen molar-refractivity contribution < 1.29 is 4.79 Å². The maximum absolute atomic E-state index is 11.6. The van der Waals surface area contributed by atoms with Gasteiger partial charge in [0.25, 0.3) is 0 Å². The molecule has 0 aromatic heterocycles. The Morgan fingerprint density at radius 3 is 2.92 bits per heavy atom. The molecule has 0 radical (unpaired) electrons. The molecule has 1 nitrogen and oxygen atoms in total. The molecule has 0 saturated heterocycles. The Balaban J connectivity index is 2.49. The summed E-state index contributed by atoms with van der Waals surface area (Å²) < 4.78 is 0. The number of hydrogen-bond acceptors (Lipinski definition) is 1. The molecule has 1 atom stereocenters. The standard InChI is InChI=1S/C11H11ClO/c1-7-4-8-2-3-9(12)6-10(8)11(13)5-7/h2-3,6-7H,4-5H2,1H3. The van der Waals surface area contributed by atoms with E-state index in [4.69, 9.17) is 11.6 Å². The van der Waals surface area contributed by atoms with Gasteiger partial charge in [-0.3, -0.25) is 4.79 Å². The Hall–Kier alpha value is -0.820. The quantitative estimate of drug-likeness (QED) is 0.620. The Bertz CT molecular complexity index is 357. The number of carbonyl (C=O) groups excluding carboxylic acids is 1. The second-order valence-corrected chi connectivity index (χ2v) is 4.17. The zero-order valence-corrected chi connectivity index (χ0v) is 8.27. The third kappa shape index (κ3) is 1.61. The van der Waals surface area contributed by atoms with Crippen LogP contribution in [-0.2, 0) is 6.42 Å². The van der Waals surface area contributed by atoms with Crippen molar-refractivity contribution in [1.29, 1.82) is 0 Å². The number of benzene rings is 1. The number of ketones is 1. The molecule has 1 aromatic carbocycles. The van der Waals surface area contributed by atoms with Crippen molar-refractivity contribution >= 4 is 17.4 Å². The number of carbonyl (C=O) groups is 1.